The van der Waals surface area contributed by atoms with Crippen LogP contribution in [-0.2, 0) is 19.5 Å². The molecule has 1 N–H and O–H groups in total. The Kier molecular flexibility index (Phi) is 8.07. The number of hydrogen-bond donors (Lipinski definition) is 1. The first kappa shape index (κ1) is 25.1. The van der Waals surface area contributed by atoms with Gasteiger partial charge < -0.3 is 4.90 Å². The molecule has 0 spiro atoms. The second-order valence-electron chi connectivity index (χ2n) is 8.80. The number of nitrogens with one attached hydrogen (secondary N) is 1. The molecule has 1 heterocycles. The smallest absolute Gasteiger partial charge is 0.271 e. The van der Waals surface area contributed by atoms with E-state index in [1.807, 2.05) is 26.0 Å². The van der Waals surface area contributed by atoms with Crippen LogP contribution in [0.25, 0.3) is 0 Å². The fourth-order valence-electron chi connectivity index (χ4n) is 4.55. The lowest BCUT2D eigenvalue weighted by Crippen LogP contribution is -2.30. The van der Waals surface area contributed by atoms with E-state index in [1.54, 1.807) is 18.2 Å². The van der Waals surface area contributed by atoms with Crippen LogP contribution in [0.15, 0.2) is 71.8 Å². The van der Waals surface area contributed by atoms with E-state index >= 15 is 0 Å². The van der Waals surface area contributed by atoms with Crippen LogP contribution in [0.4, 0.5) is 11.4 Å². The lowest BCUT2D eigenvalue weighted by atomic mass is 9.99. The molecule has 0 unspecified atom stereocenters. The molecule has 3 aromatic rings. The zero-order chi connectivity index (χ0) is 25.5. The molecule has 1 amide bonds. The summed E-state index contributed by atoms with van der Waals surface area (Å²) in [6.07, 6.45) is 2.51. The minimum absolute atomic E-state index is 0.0218. The maximum atomic E-state index is 12.6. The van der Waals surface area contributed by atoms with Crippen molar-refractivity contribution in [1.82, 2.24) is 10.3 Å². The molecule has 0 saturated carbocycles. The molecule has 0 bridgehead atoms. The zero-order valence-corrected chi connectivity index (χ0v) is 20.7. The van der Waals surface area contributed by atoms with Gasteiger partial charge in [0.2, 0.25) is 0 Å². The Labute approximate surface area is 211 Å². The number of amides is 1. The average Bonchev–Trinajstić information content (AvgIpc) is 2.90. The second kappa shape index (κ2) is 11.6. The standard InChI is InChI=1S/C28H31N5O3/c1-3-32(4-2)27-14-13-26(33(35)36)17-25(27)18-29-30-28(34)23-11-9-21(10-12-23)19-31-16-15-22-7-5-6-8-24(22)20-31/h5-14,17-18H,3-4,15-16,19-20H2,1-2H3,(H,30,34)/b29-18-. The van der Waals surface area contributed by atoms with Gasteiger partial charge >= 0.3 is 0 Å². The largest absolute Gasteiger partial charge is 0.372 e. The van der Waals surface area contributed by atoms with Crippen molar-refractivity contribution in [1.29, 1.82) is 0 Å². The van der Waals surface area contributed by atoms with E-state index in [-0.39, 0.29) is 11.6 Å². The number of hydrogen-bond acceptors (Lipinski definition) is 6. The van der Waals surface area contributed by atoms with Gasteiger partial charge in [-0.25, -0.2) is 5.43 Å². The number of carbonyl (C=O) groups is 1. The van der Waals surface area contributed by atoms with Gasteiger partial charge in [-0.3, -0.25) is 19.8 Å². The second-order valence-corrected chi connectivity index (χ2v) is 8.80. The highest BCUT2D eigenvalue weighted by atomic mass is 16.6. The number of nitro groups is 1. The van der Waals surface area contributed by atoms with Crippen LogP contribution in [0.1, 0.15) is 46.5 Å². The van der Waals surface area contributed by atoms with Crippen molar-refractivity contribution in [2.45, 2.75) is 33.4 Å². The summed E-state index contributed by atoms with van der Waals surface area (Å²) >= 11 is 0. The van der Waals surface area contributed by atoms with Crippen molar-refractivity contribution >= 4 is 23.5 Å². The fourth-order valence-corrected chi connectivity index (χ4v) is 4.55. The van der Waals surface area contributed by atoms with Gasteiger partial charge in [0.05, 0.1) is 11.1 Å². The van der Waals surface area contributed by atoms with Crippen molar-refractivity contribution in [3.8, 4) is 0 Å². The van der Waals surface area contributed by atoms with E-state index in [1.165, 1.54) is 29.5 Å². The third-order valence-corrected chi connectivity index (χ3v) is 6.53. The van der Waals surface area contributed by atoms with Crippen LogP contribution in [0.3, 0.4) is 0 Å². The molecule has 1 aliphatic heterocycles. The fraction of sp³-hybridized carbons (Fsp3) is 0.286. The van der Waals surface area contributed by atoms with E-state index in [0.29, 0.717) is 11.1 Å². The van der Waals surface area contributed by atoms with E-state index in [2.05, 4.69) is 44.6 Å². The van der Waals surface area contributed by atoms with Crippen molar-refractivity contribution < 1.29 is 9.72 Å². The molecule has 36 heavy (non-hydrogen) atoms. The van der Waals surface area contributed by atoms with Crippen LogP contribution in [-0.4, -0.2) is 41.6 Å². The first-order valence-corrected chi connectivity index (χ1v) is 12.2. The summed E-state index contributed by atoms with van der Waals surface area (Å²) in [4.78, 5) is 27.9. The maximum absolute atomic E-state index is 12.6. The highest BCUT2D eigenvalue weighted by molar-refractivity contribution is 5.95. The van der Waals surface area contributed by atoms with Crippen LogP contribution in [0, 0.1) is 10.1 Å². The number of nitrogens with zero attached hydrogens (tertiary/aromatic N) is 4. The Morgan fingerprint density at radius 1 is 1.08 bits per heavy atom. The van der Waals surface area contributed by atoms with Gasteiger partial charge in [-0.1, -0.05) is 36.4 Å². The Hall–Kier alpha value is -4.04. The Morgan fingerprint density at radius 2 is 1.81 bits per heavy atom. The van der Waals surface area contributed by atoms with Gasteiger partial charge in [0.15, 0.2) is 0 Å². The molecule has 8 heteroatoms. The predicted octanol–water partition coefficient (Wildman–Crippen LogP) is 4.76. The van der Waals surface area contributed by atoms with Gasteiger partial charge in [0.1, 0.15) is 0 Å². The van der Waals surface area contributed by atoms with Gasteiger partial charge in [0, 0.05) is 61.7 Å². The SMILES string of the molecule is CCN(CC)c1ccc([N+](=O)[O-])cc1/C=N\NC(=O)c1ccc(CN2CCc3ccccc3C2)cc1. The number of anilines is 1. The molecule has 0 atom stereocenters. The molecule has 1 aliphatic rings. The molecule has 8 nitrogen and oxygen atoms in total. The topological polar surface area (TPSA) is 91.1 Å². The Morgan fingerprint density at radius 3 is 2.50 bits per heavy atom. The molecule has 0 radical (unpaired) electrons. The number of hydrazone groups is 1. The van der Waals surface area contributed by atoms with Gasteiger partial charge in [-0.05, 0) is 55.2 Å². The van der Waals surface area contributed by atoms with Crippen LogP contribution < -0.4 is 10.3 Å². The van der Waals surface area contributed by atoms with Crippen LogP contribution >= 0.6 is 0 Å². The number of rotatable bonds is 9. The quantitative estimate of drug-likeness (QED) is 0.268. The Balaban J connectivity index is 1.39. The van der Waals surface area contributed by atoms with Crippen LogP contribution in [0.2, 0.25) is 0 Å². The molecule has 3 aromatic carbocycles. The lowest BCUT2D eigenvalue weighted by molar-refractivity contribution is -0.384. The summed E-state index contributed by atoms with van der Waals surface area (Å²) in [5.41, 5.74) is 8.38. The van der Waals surface area contributed by atoms with E-state index < -0.39 is 4.92 Å². The molecule has 4 rings (SSSR count). The molecule has 0 fully saturated rings. The summed E-state index contributed by atoms with van der Waals surface area (Å²) in [5.74, 6) is -0.334. The maximum Gasteiger partial charge on any atom is 0.271 e. The molecular formula is C28H31N5O3. The number of nitro benzene ring substituents is 1. The normalized spacial score (nSPS) is 13.4. The van der Waals surface area contributed by atoms with E-state index in [0.717, 1.165) is 50.4 Å². The van der Waals surface area contributed by atoms with Crippen molar-refractivity contribution in [3.05, 3.63) is 105 Å². The molecular weight excluding hydrogens is 454 g/mol. The van der Waals surface area contributed by atoms with Crippen molar-refractivity contribution in [2.24, 2.45) is 5.10 Å². The zero-order valence-electron chi connectivity index (χ0n) is 20.7. The van der Waals surface area contributed by atoms with Crippen molar-refractivity contribution in [2.75, 3.05) is 24.5 Å². The predicted molar refractivity (Wildman–Crippen MR) is 142 cm³/mol. The first-order valence-electron chi connectivity index (χ1n) is 12.2. The molecule has 0 saturated heterocycles. The van der Waals surface area contributed by atoms with E-state index in [4.69, 9.17) is 0 Å². The number of benzene rings is 3. The van der Waals surface area contributed by atoms with Gasteiger partial charge in [-0.15, -0.1) is 0 Å². The highest BCUT2D eigenvalue weighted by Crippen LogP contribution is 2.24. The Bertz CT molecular complexity index is 1250. The van der Waals surface area contributed by atoms with E-state index in [9.17, 15) is 14.9 Å². The molecule has 186 valence electrons. The number of fused-ring (bicyclic) bond motifs is 1. The molecule has 0 aromatic heterocycles. The third kappa shape index (κ3) is 5.95. The summed E-state index contributed by atoms with van der Waals surface area (Å²) in [6, 6.07) is 20.8. The summed E-state index contributed by atoms with van der Waals surface area (Å²) in [6.45, 7) is 8.30. The minimum atomic E-state index is -0.438. The lowest BCUT2D eigenvalue weighted by Gasteiger charge is -2.28. The monoisotopic (exact) mass is 485 g/mol. The molecule has 0 aliphatic carbocycles. The number of carbonyl (C=O) groups excluding carboxylic acids is 1. The average molecular weight is 486 g/mol. The summed E-state index contributed by atoms with van der Waals surface area (Å²) < 4.78 is 0. The summed E-state index contributed by atoms with van der Waals surface area (Å²) in [7, 11) is 0. The van der Waals surface area contributed by atoms with Crippen molar-refractivity contribution in [3.63, 3.8) is 0 Å². The third-order valence-electron chi connectivity index (χ3n) is 6.53. The first-order chi connectivity index (χ1) is 17.5. The van der Waals surface area contributed by atoms with Crippen LogP contribution in [0.5, 0.6) is 0 Å². The van der Waals surface area contributed by atoms with Gasteiger partial charge in [-0.2, -0.15) is 5.10 Å². The summed E-state index contributed by atoms with van der Waals surface area (Å²) in [5, 5.41) is 15.3. The number of non-ortho nitro benzene ring substituents is 1. The minimum Gasteiger partial charge on any atom is -0.372 e. The van der Waals surface area contributed by atoms with Gasteiger partial charge in [0.25, 0.3) is 11.6 Å². The highest BCUT2D eigenvalue weighted by Gasteiger charge is 2.16.